The van der Waals surface area contributed by atoms with Crippen LogP contribution in [0.15, 0.2) is 45.6 Å². The molecule has 0 radical (unpaired) electrons. The van der Waals surface area contributed by atoms with Gasteiger partial charge in [0.25, 0.3) is 0 Å². The highest BCUT2D eigenvalue weighted by Crippen LogP contribution is 2.38. The van der Waals surface area contributed by atoms with E-state index in [1.165, 1.54) is 6.92 Å². The van der Waals surface area contributed by atoms with Crippen LogP contribution in [0.1, 0.15) is 28.4 Å². The van der Waals surface area contributed by atoms with Crippen LogP contribution >= 0.6 is 0 Å². The SMILES string of the molecule is CC(=O)c1cc(C)cc2c(=O)c3c(oc12)-c1ccccc1CO3. The molecule has 2 heterocycles. The number of carbonyl (C=O) groups excluding carboxylic acids is 1. The van der Waals surface area contributed by atoms with Crippen LogP contribution < -0.4 is 10.2 Å². The van der Waals surface area contributed by atoms with E-state index < -0.39 is 0 Å². The summed E-state index contributed by atoms with van der Waals surface area (Å²) in [6.07, 6.45) is 0. The third-order valence-electron chi connectivity index (χ3n) is 4.11. The van der Waals surface area contributed by atoms with Crippen LogP contribution in [0.5, 0.6) is 5.75 Å². The van der Waals surface area contributed by atoms with Gasteiger partial charge in [-0.3, -0.25) is 9.59 Å². The molecule has 0 saturated carbocycles. The normalized spacial score (nSPS) is 12.4. The van der Waals surface area contributed by atoms with Crippen LogP contribution in [0.25, 0.3) is 22.3 Å². The largest absolute Gasteiger partial charge is 0.481 e. The second-order valence-corrected chi connectivity index (χ2v) is 5.78. The van der Waals surface area contributed by atoms with Crippen molar-refractivity contribution in [2.75, 3.05) is 0 Å². The van der Waals surface area contributed by atoms with E-state index >= 15 is 0 Å². The maximum Gasteiger partial charge on any atom is 0.235 e. The fourth-order valence-electron chi connectivity index (χ4n) is 3.01. The van der Waals surface area contributed by atoms with Crippen molar-refractivity contribution in [3.05, 3.63) is 63.3 Å². The first-order chi connectivity index (χ1) is 11.1. The van der Waals surface area contributed by atoms with Gasteiger partial charge in [0.15, 0.2) is 11.5 Å². The number of Topliss-reactive ketones (excluding diaryl/α,β-unsaturated/α-hetero) is 1. The number of hydrogen-bond acceptors (Lipinski definition) is 4. The third kappa shape index (κ3) is 1.99. The van der Waals surface area contributed by atoms with Crippen molar-refractivity contribution in [1.29, 1.82) is 0 Å². The van der Waals surface area contributed by atoms with Crippen molar-refractivity contribution in [3.63, 3.8) is 0 Å². The molecule has 0 bridgehead atoms. The van der Waals surface area contributed by atoms with Crippen molar-refractivity contribution in [2.45, 2.75) is 20.5 Å². The summed E-state index contributed by atoms with van der Waals surface area (Å²) in [7, 11) is 0. The lowest BCUT2D eigenvalue weighted by Crippen LogP contribution is -2.15. The van der Waals surface area contributed by atoms with Gasteiger partial charge in [-0.25, -0.2) is 0 Å². The maximum atomic E-state index is 12.8. The molecule has 0 fully saturated rings. The van der Waals surface area contributed by atoms with Crippen LogP contribution in [0.3, 0.4) is 0 Å². The van der Waals surface area contributed by atoms with E-state index in [0.717, 1.165) is 16.7 Å². The molecule has 4 rings (SSSR count). The smallest absolute Gasteiger partial charge is 0.235 e. The summed E-state index contributed by atoms with van der Waals surface area (Å²) in [5, 5.41) is 0.383. The van der Waals surface area contributed by atoms with Gasteiger partial charge in [-0.15, -0.1) is 0 Å². The number of hydrogen-bond donors (Lipinski definition) is 0. The molecule has 0 N–H and O–H groups in total. The summed E-state index contributed by atoms with van der Waals surface area (Å²) in [6.45, 7) is 3.66. The number of aryl methyl sites for hydroxylation is 1. The summed E-state index contributed by atoms with van der Waals surface area (Å²) in [4.78, 5) is 24.8. The van der Waals surface area contributed by atoms with Gasteiger partial charge in [-0.05, 0) is 31.5 Å². The minimum absolute atomic E-state index is 0.133. The quantitative estimate of drug-likeness (QED) is 0.641. The Kier molecular flexibility index (Phi) is 2.88. The number of benzene rings is 2. The molecule has 2 aromatic carbocycles. The van der Waals surface area contributed by atoms with E-state index in [1.807, 2.05) is 31.2 Å². The molecular weight excluding hydrogens is 292 g/mol. The van der Waals surface area contributed by atoms with E-state index in [1.54, 1.807) is 12.1 Å². The molecule has 4 nitrogen and oxygen atoms in total. The van der Waals surface area contributed by atoms with Gasteiger partial charge in [0.05, 0.1) is 10.9 Å². The molecule has 1 aliphatic rings. The Balaban J connectivity index is 2.16. The Morgan fingerprint density at radius 1 is 1.17 bits per heavy atom. The summed E-state index contributed by atoms with van der Waals surface area (Å²) < 4.78 is 11.6. The topological polar surface area (TPSA) is 56.5 Å². The second kappa shape index (κ2) is 4.81. The van der Waals surface area contributed by atoms with Gasteiger partial charge in [0.1, 0.15) is 12.2 Å². The summed E-state index contributed by atoms with van der Waals surface area (Å²) in [5.74, 6) is 0.485. The number of rotatable bonds is 1. The third-order valence-corrected chi connectivity index (χ3v) is 4.11. The van der Waals surface area contributed by atoms with Gasteiger partial charge in [0, 0.05) is 11.1 Å². The zero-order valence-corrected chi connectivity index (χ0v) is 12.8. The highest BCUT2D eigenvalue weighted by atomic mass is 16.5. The van der Waals surface area contributed by atoms with Crippen LogP contribution in [0.2, 0.25) is 0 Å². The molecule has 4 heteroatoms. The van der Waals surface area contributed by atoms with E-state index in [0.29, 0.717) is 28.9 Å². The molecule has 114 valence electrons. The highest BCUT2D eigenvalue weighted by molar-refractivity contribution is 6.05. The van der Waals surface area contributed by atoms with Gasteiger partial charge < -0.3 is 9.15 Å². The second-order valence-electron chi connectivity index (χ2n) is 5.78. The predicted octanol–water partition coefficient (Wildman–Crippen LogP) is 3.86. The zero-order chi connectivity index (χ0) is 16.1. The van der Waals surface area contributed by atoms with E-state index in [-0.39, 0.29) is 17.0 Å². The van der Waals surface area contributed by atoms with Crippen molar-refractivity contribution in [3.8, 4) is 17.1 Å². The maximum absolute atomic E-state index is 12.8. The lowest BCUT2D eigenvalue weighted by molar-refractivity contribution is 0.101. The molecule has 0 saturated heterocycles. The minimum Gasteiger partial charge on any atom is -0.481 e. The lowest BCUT2D eigenvalue weighted by atomic mass is 9.99. The highest BCUT2D eigenvalue weighted by Gasteiger charge is 2.25. The molecule has 0 amide bonds. The summed E-state index contributed by atoms with van der Waals surface area (Å²) >= 11 is 0. The molecule has 23 heavy (non-hydrogen) atoms. The van der Waals surface area contributed by atoms with E-state index in [2.05, 4.69) is 0 Å². The molecular formula is C19H14O4. The number of ketones is 1. The fraction of sp³-hybridized carbons (Fsp3) is 0.158. The molecule has 1 aromatic heterocycles. The van der Waals surface area contributed by atoms with Crippen LogP contribution in [0.4, 0.5) is 0 Å². The standard InChI is InChI=1S/C19H14O4/c1-10-7-14(11(2)20)17-15(8-10)16(21)19-18(23-17)13-6-4-3-5-12(13)9-22-19/h3-8H,9H2,1-2H3. The molecule has 0 aliphatic carbocycles. The molecule has 0 spiro atoms. The Morgan fingerprint density at radius 3 is 2.74 bits per heavy atom. The number of carbonyl (C=O) groups is 1. The summed E-state index contributed by atoms with van der Waals surface area (Å²) in [6, 6.07) is 11.1. The lowest BCUT2D eigenvalue weighted by Gasteiger charge is -2.19. The van der Waals surface area contributed by atoms with Crippen molar-refractivity contribution >= 4 is 16.8 Å². The van der Waals surface area contributed by atoms with Crippen molar-refractivity contribution < 1.29 is 13.9 Å². The molecule has 0 atom stereocenters. The fourth-order valence-corrected chi connectivity index (χ4v) is 3.01. The average Bonchev–Trinajstić information content (AvgIpc) is 2.55. The average molecular weight is 306 g/mol. The van der Waals surface area contributed by atoms with Gasteiger partial charge in [0.2, 0.25) is 11.2 Å². The van der Waals surface area contributed by atoms with Gasteiger partial charge >= 0.3 is 0 Å². The number of fused-ring (bicyclic) bond motifs is 4. The number of ether oxygens (including phenoxy) is 1. The van der Waals surface area contributed by atoms with Gasteiger partial charge in [-0.1, -0.05) is 24.3 Å². The van der Waals surface area contributed by atoms with Crippen LogP contribution in [0, 0.1) is 6.92 Å². The van der Waals surface area contributed by atoms with Crippen molar-refractivity contribution in [2.24, 2.45) is 0 Å². The first-order valence-corrected chi connectivity index (χ1v) is 7.39. The molecule has 0 unspecified atom stereocenters. The predicted molar refractivity (Wildman–Crippen MR) is 87.0 cm³/mol. The zero-order valence-electron chi connectivity index (χ0n) is 12.8. The molecule has 3 aromatic rings. The van der Waals surface area contributed by atoms with Crippen LogP contribution in [-0.4, -0.2) is 5.78 Å². The first-order valence-electron chi connectivity index (χ1n) is 7.39. The Morgan fingerprint density at radius 2 is 1.96 bits per heavy atom. The first kappa shape index (κ1) is 13.8. The molecule has 1 aliphatic heterocycles. The minimum atomic E-state index is -0.234. The van der Waals surface area contributed by atoms with E-state index in [4.69, 9.17) is 9.15 Å². The Bertz CT molecular complexity index is 1030. The van der Waals surface area contributed by atoms with Gasteiger partial charge in [-0.2, -0.15) is 0 Å². The van der Waals surface area contributed by atoms with Crippen molar-refractivity contribution in [1.82, 2.24) is 0 Å². The summed E-state index contributed by atoms with van der Waals surface area (Å²) in [5.41, 5.74) is 3.14. The van der Waals surface area contributed by atoms with Crippen LogP contribution in [-0.2, 0) is 6.61 Å². The van der Waals surface area contributed by atoms with E-state index in [9.17, 15) is 9.59 Å². The Labute approximate surface area is 132 Å². The monoisotopic (exact) mass is 306 g/mol. The Hall–Kier alpha value is -2.88.